The van der Waals surface area contributed by atoms with Crippen molar-refractivity contribution < 1.29 is 9.90 Å². The molecule has 1 unspecified atom stereocenters. The summed E-state index contributed by atoms with van der Waals surface area (Å²) in [6.07, 6.45) is 1.77. The number of amides is 1. The Kier molecular flexibility index (Phi) is 6.18. The number of hydrogen-bond donors (Lipinski definition) is 3. The summed E-state index contributed by atoms with van der Waals surface area (Å²) in [7, 11) is 0. The van der Waals surface area contributed by atoms with Gasteiger partial charge in [-0.25, -0.2) is 0 Å². The number of carbonyl (C=O) groups excluding carboxylic acids is 1. The first-order valence-corrected chi connectivity index (χ1v) is 6.69. The third-order valence-electron chi connectivity index (χ3n) is 2.46. The van der Waals surface area contributed by atoms with Crippen LogP contribution in [0.5, 0.6) is 0 Å². The highest BCUT2D eigenvalue weighted by Gasteiger charge is 2.07. The van der Waals surface area contributed by atoms with Crippen LogP contribution in [0.15, 0.2) is 11.4 Å². The van der Waals surface area contributed by atoms with Crippen LogP contribution in [0.25, 0.3) is 0 Å². The van der Waals surface area contributed by atoms with Crippen LogP contribution in [-0.2, 0) is 11.3 Å². The van der Waals surface area contributed by atoms with Crippen LogP contribution >= 0.6 is 11.3 Å². The Labute approximate surface area is 106 Å². The van der Waals surface area contributed by atoms with Crippen LogP contribution in [0, 0.1) is 0 Å². The minimum atomic E-state index is -0.0435. The van der Waals surface area contributed by atoms with E-state index in [1.807, 2.05) is 11.4 Å². The van der Waals surface area contributed by atoms with Crippen molar-refractivity contribution in [3.8, 4) is 0 Å². The Morgan fingerprint density at radius 3 is 3.00 bits per heavy atom. The van der Waals surface area contributed by atoms with E-state index in [1.54, 1.807) is 11.3 Å². The molecule has 0 bridgehead atoms. The quantitative estimate of drug-likeness (QED) is 0.699. The molecule has 1 aromatic rings. The summed E-state index contributed by atoms with van der Waals surface area (Å²) in [5, 5.41) is 16.9. The van der Waals surface area contributed by atoms with E-state index in [-0.39, 0.29) is 12.5 Å². The van der Waals surface area contributed by atoms with E-state index in [1.165, 1.54) is 6.92 Å². The maximum absolute atomic E-state index is 11.0. The second-order valence-electron chi connectivity index (χ2n) is 4.09. The minimum Gasteiger partial charge on any atom is -0.396 e. The van der Waals surface area contributed by atoms with Crippen molar-refractivity contribution in [3.63, 3.8) is 0 Å². The van der Waals surface area contributed by atoms with Crippen molar-refractivity contribution in [1.29, 1.82) is 0 Å². The fraction of sp³-hybridized carbons (Fsp3) is 0.583. The Hall–Kier alpha value is -0.910. The van der Waals surface area contributed by atoms with Crippen LogP contribution in [-0.4, -0.2) is 23.7 Å². The van der Waals surface area contributed by atoms with Crippen LogP contribution in [0.3, 0.4) is 0 Å². The molecule has 0 aliphatic rings. The van der Waals surface area contributed by atoms with Gasteiger partial charge in [-0.2, -0.15) is 0 Å². The third kappa shape index (κ3) is 5.30. The lowest BCUT2D eigenvalue weighted by molar-refractivity contribution is -0.114. The Balaban J connectivity index is 2.40. The predicted molar refractivity (Wildman–Crippen MR) is 71.2 cm³/mol. The number of anilines is 1. The van der Waals surface area contributed by atoms with E-state index in [4.69, 9.17) is 5.11 Å². The van der Waals surface area contributed by atoms with Gasteiger partial charge in [-0.3, -0.25) is 4.79 Å². The average molecular weight is 256 g/mol. The molecule has 1 heterocycles. The van der Waals surface area contributed by atoms with Gasteiger partial charge >= 0.3 is 0 Å². The number of nitrogens with one attached hydrogen (secondary N) is 2. The number of carbonyl (C=O) groups is 1. The lowest BCUT2D eigenvalue weighted by Crippen LogP contribution is -2.25. The second kappa shape index (κ2) is 7.42. The fourth-order valence-corrected chi connectivity index (χ4v) is 2.33. The van der Waals surface area contributed by atoms with Gasteiger partial charge in [0.25, 0.3) is 0 Å². The van der Waals surface area contributed by atoms with Gasteiger partial charge in [-0.15, -0.1) is 11.3 Å². The van der Waals surface area contributed by atoms with Crippen molar-refractivity contribution in [1.82, 2.24) is 5.32 Å². The van der Waals surface area contributed by atoms with E-state index >= 15 is 0 Å². The van der Waals surface area contributed by atoms with Crippen LogP contribution in [0.2, 0.25) is 0 Å². The maximum Gasteiger partial charge on any atom is 0.221 e. The SMILES string of the molecule is CC(=O)Nc1ccsc1CNC(C)CCCO. The number of thiophene rings is 1. The fourth-order valence-electron chi connectivity index (χ4n) is 1.55. The Bertz CT molecular complexity index is 352. The third-order valence-corrected chi connectivity index (χ3v) is 3.38. The van der Waals surface area contributed by atoms with Crippen LogP contribution in [0.4, 0.5) is 5.69 Å². The van der Waals surface area contributed by atoms with Crippen molar-refractivity contribution in [2.24, 2.45) is 0 Å². The van der Waals surface area contributed by atoms with Gasteiger partial charge in [0.2, 0.25) is 5.91 Å². The molecule has 1 atom stereocenters. The standard InChI is InChI=1S/C12H20N2O2S/c1-9(4-3-6-15)13-8-12-11(5-7-17-12)14-10(2)16/h5,7,9,13,15H,3-4,6,8H2,1-2H3,(H,14,16). The molecule has 0 fully saturated rings. The zero-order valence-corrected chi connectivity index (χ0v) is 11.1. The Morgan fingerprint density at radius 1 is 1.59 bits per heavy atom. The first-order chi connectivity index (χ1) is 8.13. The second-order valence-corrected chi connectivity index (χ2v) is 5.09. The molecule has 0 aliphatic carbocycles. The Morgan fingerprint density at radius 2 is 2.35 bits per heavy atom. The summed E-state index contributed by atoms with van der Waals surface area (Å²) >= 11 is 1.63. The normalized spacial score (nSPS) is 12.4. The summed E-state index contributed by atoms with van der Waals surface area (Å²) in [6, 6.07) is 2.29. The van der Waals surface area contributed by atoms with Gasteiger partial charge in [-0.1, -0.05) is 0 Å². The first kappa shape index (κ1) is 14.2. The molecule has 0 aliphatic heterocycles. The number of aliphatic hydroxyl groups excluding tert-OH is 1. The summed E-state index contributed by atoms with van der Waals surface area (Å²) in [5.74, 6) is -0.0435. The lowest BCUT2D eigenvalue weighted by atomic mass is 10.2. The van der Waals surface area contributed by atoms with Gasteiger partial charge < -0.3 is 15.7 Å². The molecule has 96 valence electrons. The number of hydrogen-bond acceptors (Lipinski definition) is 4. The van der Waals surface area contributed by atoms with Gasteiger partial charge in [0.05, 0.1) is 5.69 Å². The molecule has 3 N–H and O–H groups in total. The highest BCUT2D eigenvalue weighted by atomic mass is 32.1. The van der Waals surface area contributed by atoms with E-state index in [0.717, 1.165) is 30.0 Å². The molecular weight excluding hydrogens is 236 g/mol. The van der Waals surface area contributed by atoms with E-state index in [9.17, 15) is 4.79 Å². The molecule has 0 saturated carbocycles. The van der Waals surface area contributed by atoms with E-state index < -0.39 is 0 Å². The highest BCUT2D eigenvalue weighted by Crippen LogP contribution is 2.22. The van der Waals surface area contributed by atoms with Crippen LogP contribution < -0.4 is 10.6 Å². The smallest absolute Gasteiger partial charge is 0.221 e. The molecule has 4 nitrogen and oxygen atoms in total. The molecule has 1 aromatic heterocycles. The summed E-state index contributed by atoms with van der Waals surface area (Å²) < 4.78 is 0. The average Bonchev–Trinajstić information content (AvgIpc) is 2.70. The predicted octanol–water partition coefficient (Wildman–Crippen LogP) is 1.96. The zero-order chi connectivity index (χ0) is 12.7. The largest absolute Gasteiger partial charge is 0.396 e. The van der Waals surface area contributed by atoms with Gasteiger partial charge in [0, 0.05) is 31.0 Å². The first-order valence-electron chi connectivity index (χ1n) is 5.81. The van der Waals surface area contributed by atoms with Gasteiger partial charge in [0.15, 0.2) is 0 Å². The van der Waals surface area contributed by atoms with Crippen molar-refractivity contribution in [2.45, 2.75) is 39.3 Å². The monoisotopic (exact) mass is 256 g/mol. The van der Waals surface area contributed by atoms with Gasteiger partial charge in [0.1, 0.15) is 0 Å². The van der Waals surface area contributed by atoms with Crippen molar-refractivity contribution in [3.05, 3.63) is 16.3 Å². The maximum atomic E-state index is 11.0. The highest BCUT2D eigenvalue weighted by molar-refractivity contribution is 7.10. The molecule has 1 amide bonds. The van der Waals surface area contributed by atoms with Crippen LogP contribution in [0.1, 0.15) is 31.6 Å². The zero-order valence-electron chi connectivity index (χ0n) is 10.3. The molecule has 1 rings (SSSR count). The summed E-state index contributed by atoms with van der Waals surface area (Å²) in [5.41, 5.74) is 0.893. The molecule has 0 radical (unpaired) electrons. The summed E-state index contributed by atoms with van der Waals surface area (Å²) in [6.45, 7) is 4.60. The number of aliphatic hydroxyl groups is 1. The molecule has 17 heavy (non-hydrogen) atoms. The van der Waals surface area contributed by atoms with Crippen molar-refractivity contribution in [2.75, 3.05) is 11.9 Å². The van der Waals surface area contributed by atoms with Crippen molar-refractivity contribution >= 4 is 22.9 Å². The summed E-state index contributed by atoms with van der Waals surface area (Å²) in [4.78, 5) is 12.1. The molecular formula is C12H20N2O2S. The molecule has 0 spiro atoms. The molecule has 0 saturated heterocycles. The van der Waals surface area contributed by atoms with E-state index in [0.29, 0.717) is 6.04 Å². The molecule has 5 heteroatoms. The molecule has 0 aromatic carbocycles. The number of rotatable bonds is 7. The van der Waals surface area contributed by atoms with E-state index in [2.05, 4.69) is 17.6 Å². The topological polar surface area (TPSA) is 61.4 Å². The lowest BCUT2D eigenvalue weighted by Gasteiger charge is -2.13. The minimum absolute atomic E-state index is 0.0435. The van der Waals surface area contributed by atoms with Gasteiger partial charge in [-0.05, 0) is 31.2 Å².